The number of nitrogens with zero attached hydrogens (tertiary/aromatic N) is 9. The fraction of sp³-hybridized carbons (Fsp3) is 0.0625. The van der Waals surface area contributed by atoms with Crippen LogP contribution in [0.4, 0.5) is 0 Å². The van der Waals surface area contributed by atoms with Gasteiger partial charge in [-0.05, 0) is 54.6 Å². The second-order valence-electron chi connectivity index (χ2n) is 9.49. The minimum Gasteiger partial charge on any atom is -0.224 e. The molecule has 0 bridgehead atoms. The summed E-state index contributed by atoms with van der Waals surface area (Å²) in [5.41, 5.74) is 6.16. The zero-order valence-corrected chi connectivity index (χ0v) is 21.9. The zero-order valence-electron chi connectivity index (χ0n) is 21.9. The first-order valence-electron chi connectivity index (χ1n) is 12.7. The second kappa shape index (κ2) is 10.1. The lowest BCUT2D eigenvalue weighted by Gasteiger charge is -2.31. The van der Waals surface area contributed by atoms with Crippen molar-refractivity contribution in [1.82, 2.24) is 29.3 Å². The van der Waals surface area contributed by atoms with Crippen LogP contribution in [0.2, 0.25) is 0 Å². The van der Waals surface area contributed by atoms with Gasteiger partial charge in [0.2, 0.25) is 5.79 Å². The molecule has 0 radical (unpaired) electrons. The van der Waals surface area contributed by atoms with Crippen molar-refractivity contribution in [1.29, 1.82) is 15.8 Å². The van der Waals surface area contributed by atoms with Gasteiger partial charge in [-0.3, -0.25) is 0 Å². The van der Waals surface area contributed by atoms with Gasteiger partial charge in [0.15, 0.2) is 0 Å². The van der Waals surface area contributed by atoms with E-state index in [0.717, 1.165) is 16.7 Å². The van der Waals surface area contributed by atoms with Crippen molar-refractivity contribution in [2.45, 2.75) is 12.7 Å². The van der Waals surface area contributed by atoms with E-state index in [1.54, 1.807) is 50.4 Å². The second-order valence-corrected chi connectivity index (χ2v) is 9.49. The number of benzene rings is 3. The summed E-state index contributed by atoms with van der Waals surface area (Å²) in [6.07, 6.45) is 5.55. The smallest absolute Gasteiger partial charge is 0.224 e. The molecule has 3 aromatic carbocycles. The Bertz CT molecular complexity index is 1790. The molecule has 0 amide bonds. The zero-order chi connectivity index (χ0) is 28.4. The average Bonchev–Trinajstić information content (AvgIpc) is 3.83. The molecule has 0 N–H and O–H groups in total. The summed E-state index contributed by atoms with van der Waals surface area (Å²) in [5, 5.41) is 42.8. The van der Waals surface area contributed by atoms with Crippen LogP contribution in [-0.4, -0.2) is 29.3 Å². The Morgan fingerprint density at radius 3 is 1.12 bits per heavy atom. The fourth-order valence-corrected chi connectivity index (χ4v) is 4.70. The van der Waals surface area contributed by atoms with Crippen LogP contribution in [0, 0.1) is 34.0 Å². The quantitative estimate of drug-likeness (QED) is 0.275. The van der Waals surface area contributed by atoms with Crippen LogP contribution in [0.15, 0.2) is 110 Å². The molecule has 194 valence electrons. The Morgan fingerprint density at radius 1 is 0.512 bits per heavy atom. The molecule has 0 saturated carbocycles. The van der Waals surface area contributed by atoms with Crippen molar-refractivity contribution in [3.63, 3.8) is 0 Å². The van der Waals surface area contributed by atoms with Crippen LogP contribution in [0.5, 0.6) is 0 Å². The molecule has 0 saturated heterocycles. The maximum atomic E-state index is 9.36. The summed E-state index contributed by atoms with van der Waals surface area (Å²) in [6.45, 7) is 1.94. The van der Waals surface area contributed by atoms with E-state index in [9.17, 15) is 15.8 Å². The van der Waals surface area contributed by atoms with Crippen molar-refractivity contribution in [3.05, 3.63) is 126 Å². The molecular weight excluding hydrogens is 510 g/mol. The van der Waals surface area contributed by atoms with Crippen molar-refractivity contribution in [2.24, 2.45) is 0 Å². The van der Waals surface area contributed by atoms with Gasteiger partial charge in [-0.15, -0.1) is 0 Å². The highest BCUT2D eigenvalue weighted by Gasteiger charge is 2.34. The number of nitriles is 3. The lowest BCUT2D eigenvalue weighted by Crippen LogP contribution is -2.46. The molecule has 3 heterocycles. The minimum absolute atomic E-state index is 0.549. The van der Waals surface area contributed by atoms with Gasteiger partial charge in [0, 0.05) is 42.2 Å². The van der Waals surface area contributed by atoms with Gasteiger partial charge in [0.05, 0.1) is 52.0 Å². The van der Waals surface area contributed by atoms with Crippen LogP contribution in [-0.2, 0) is 5.79 Å². The van der Waals surface area contributed by atoms with Gasteiger partial charge in [-0.1, -0.05) is 36.4 Å². The highest BCUT2D eigenvalue weighted by atomic mass is 15.6. The van der Waals surface area contributed by atoms with Gasteiger partial charge in [0.1, 0.15) is 0 Å². The molecule has 6 rings (SSSR count). The number of rotatable bonds is 6. The summed E-state index contributed by atoms with van der Waals surface area (Å²) in [5.74, 6) is -1.07. The molecular formula is C32H21N9. The van der Waals surface area contributed by atoms with Crippen molar-refractivity contribution in [2.75, 3.05) is 0 Å². The van der Waals surface area contributed by atoms with Gasteiger partial charge < -0.3 is 0 Å². The molecule has 0 aliphatic rings. The number of aromatic nitrogens is 6. The molecule has 41 heavy (non-hydrogen) atoms. The van der Waals surface area contributed by atoms with E-state index in [-0.39, 0.29) is 0 Å². The van der Waals surface area contributed by atoms with Gasteiger partial charge in [-0.2, -0.15) is 31.1 Å². The first kappa shape index (κ1) is 25.1. The SMILES string of the molecule is CC(n1ccc(-c2cccc(C#N)c2)n1)(n1ccc(-c2cccc(C#N)c2)n1)n1ccc(-c2cccc(C#N)c2)n1. The summed E-state index contributed by atoms with van der Waals surface area (Å²) in [7, 11) is 0. The third kappa shape index (κ3) is 4.52. The largest absolute Gasteiger partial charge is 0.245 e. The molecule has 6 aromatic rings. The van der Waals surface area contributed by atoms with E-state index in [1.807, 2.05) is 80.1 Å². The maximum Gasteiger partial charge on any atom is 0.245 e. The molecule has 3 aromatic heterocycles. The minimum atomic E-state index is -1.07. The molecule has 0 atom stereocenters. The van der Waals surface area contributed by atoms with Crippen LogP contribution in [0.1, 0.15) is 23.6 Å². The van der Waals surface area contributed by atoms with Crippen molar-refractivity contribution >= 4 is 0 Å². The van der Waals surface area contributed by atoms with Crippen LogP contribution in [0.25, 0.3) is 33.8 Å². The highest BCUT2D eigenvalue weighted by molar-refractivity contribution is 5.63. The molecule has 0 aliphatic carbocycles. The van der Waals surface area contributed by atoms with Crippen LogP contribution in [0.3, 0.4) is 0 Å². The Balaban J connectivity index is 1.48. The average molecular weight is 532 g/mol. The Kier molecular flexibility index (Phi) is 6.20. The Hall–Kier alpha value is -6.24. The van der Waals surface area contributed by atoms with Crippen LogP contribution >= 0.6 is 0 Å². The molecule has 0 aliphatic heterocycles. The fourth-order valence-electron chi connectivity index (χ4n) is 4.70. The predicted molar refractivity (Wildman–Crippen MR) is 152 cm³/mol. The van der Waals surface area contributed by atoms with Crippen LogP contribution < -0.4 is 0 Å². The predicted octanol–water partition coefficient (Wildman–Crippen LogP) is 5.62. The van der Waals surface area contributed by atoms with E-state index < -0.39 is 5.79 Å². The first-order chi connectivity index (χ1) is 20.0. The van der Waals surface area contributed by atoms with Crippen molar-refractivity contribution < 1.29 is 0 Å². The molecule has 9 nitrogen and oxygen atoms in total. The monoisotopic (exact) mass is 531 g/mol. The van der Waals surface area contributed by atoms with E-state index in [0.29, 0.717) is 33.8 Å². The van der Waals surface area contributed by atoms with Gasteiger partial charge >= 0.3 is 0 Å². The Morgan fingerprint density at radius 2 is 0.829 bits per heavy atom. The van der Waals surface area contributed by atoms with Gasteiger partial charge in [-0.25, -0.2) is 14.0 Å². The molecule has 0 spiro atoms. The van der Waals surface area contributed by atoms with E-state index in [2.05, 4.69) is 18.2 Å². The summed E-state index contributed by atoms with van der Waals surface area (Å²) in [6, 6.07) is 34.1. The topological polar surface area (TPSA) is 125 Å². The number of hydrogen-bond donors (Lipinski definition) is 0. The van der Waals surface area contributed by atoms with E-state index in [4.69, 9.17) is 15.3 Å². The lowest BCUT2D eigenvalue weighted by atomic mass is 10.1. The van der Waals surface area contributed by atoms with E-state index >= 15 is 0 Å². The summed E-state index contributed by atoms with van der Waals surface area (Å²) in [4.78, 5) is 0. The standard InChI is InChI=1S/C32H21N9/c1-32(39-14-11-29(36-39)26-8-2-5-23(17-26)20-33,40-15-12-30(37-40)27-9-3-6-24(18-27)21-34)41-16-13-31(38-41)28-10-4-7-25(19-28)22-35/h2-19H,1H3. The van der Waals surface area contributed by atoms with E-state index in [1.165, 1.54) is 0 Å². The van der Waals surface area contributed by atoms with Crippen molar-refractivity contribution in [3.8, 4) is 52.0 Å². The summed E-state index contributed by atoms with van der Waals surface area (Å²) < 4.78 is 5.31. The number of hydrogen-bond acceptors (Lipinski definition) is 6. The molecule has 9 heteroatoms. The third-order valence-electron chi connectivity index (χ3n) is 6.93. The first-order valence-corrected chi connectivity index (χ1v) is 12.7. The summed E-state index contributed by atoms with van der Waals surface area (Å²) >= 11 is 0. The third-order valence-corrected chi connectivity index (χ3v) is 6.93. The maximum absolute atomic E-state index is 9.36. The lowest BCUT2D eigenvalue weighted by molar-refractivity contribution is 0.142. The Labute approximate surface area is 236 Å². The van der Waals surface area contributed by atoms with Gasteiger partial charge in [0.25, 0.3) is 0 Å². The molecule has 0 fully saturated rings. The molecule has 0 unspecified atom stereocenters. The highest BCUT2D eigenvalue weighted by Crippen LogP contribution is 2.28. The normalized spacial score (nSPS) is 11.0.